The first kappa shape index (κ1) is 102. The van der Waals surface area contributed by atoms with E-state index in [0.717, 1.165) is 109 Å². The molecule has 5 atom stereocenters. The van der Waals surface area contributed by atoms with Crippen molar-refractivity contribution in [1.29, 1.82) is 0 Å². The molecule has 0 aliphatic rings. The number of unbranched alkanes of at least 4 members (excludes halogenated alkanes) is 6. The predicted octanol–water partition coefficient (Wildman–Crippen LogP) is 22.3. The van der Waals surface area contributed by atoms with Crippen LogP contribution in [-0.2, 0) is 90.0 Å². The van der Waals surface area contributed by atoms with Crippen molar-refractivity contribution in [2.45, 2.75) is 241 Å². The van der Waals surface area contributed by atoms with E-state index in [0.29, 0.717) is 85.0 Å². The lowest BCUT2D eigenvalue weighted by molar-refractivity contribution is -0.150. The Bertz CT molecular complexity index is 3290. The molecule has 0 saturated heterocycles. The van der Waals surface area contributed by atoms with Crippen LogP contribution in [0.25, 0.3) is 0 Å². The monoisotopic (exact) mass is 1860 g/mol. The van der Waals surface area contributed by atoms with Gasteiger partial charge in [0, 0.05) is 39.6 Å². The van der Waals surface area contributed by atoms with Crippen LogP contribution in [0.5, 0.6) is 0 Å². The fourth-order valence-corrected chi connectivity index (χ4v) is 12.8. The number of benzene rings is 6. The highest BCUT2D eigenvalue weighted by atomic mass is 127. The minimum atomic E-state index is -0.898. The molecule has 0 heterocycles. The normalized spacial score (nSPS) is 13.1. The molecule has 0 amide bonds. The second-order valence-corrected chi connectivity index (χ2v) is 30.8. The van der Waals surface area contributed by atoms with Gasteiger partial charge in [0.25, 0.3) is 0 Å². The summed E-state index contributed by atoms with van der Waals surface area (Å²) in [7, 11) is 0. The van der Waals surface area contributed by atoms with Gasteiger partial charge in [-0.15, -0.1) is 0 Å². The van der Waals surface area contributed by atoms with E-state index in [1.807, 2.05) is 241 Å². The van der Waals surface area contributed by atoms with Crippen LogP contribution in [0.2, 0.25) is 0 Å². The molecule has 5 unspecified atom stereocenters. The molecule has 0 aliphatic heterocycles. The number of hydrogen-bond acceptors (Lipinski definition) is 13. The smallest absolute Gasteiger partial charge is 0.316 e. The van der Waals surface area contributed by atoms with Gasteiger partial charge in [0.2, 0.25) is 0 Å². The lowest BCUT2D eigenvalue weighted by Gasteiger charge is -2.28. The Labute approximate surface area is 702 Å². The summed E-state index contributed by atoms with van der Waals surface area (Å²) in [5, 5.41) is 19.6. The van der Waals surface area contributed by atoms with Gasteiger partial charge >= 0.3 is 35.8 Å². The van der Waals surface area contributed by atoms with Gasteiger partial charge in [-0.2, -0.15) is 0 Å². The maximum atomic E-state index is 12.8. The van der Waals surface area contributed by atoms with Gasteiger partial charge in [0.05, 0.1) is 60.4 Å². The van der Waals surface area contributed by atoms with Crippen molar-refractivity contribution in [3.8, 4) is 0 Å². The number of alkyl halides is 3. The number of carboxylic acid groups (broad SMARTS) is 2. The van der Waals surface area contributed by atoms with Crippen LogP contribution in [0.1, 0.15) is 238 Å². The zero-order valence-electron chi connectivity index (χ0n) is 69.3. The Balaban J connectivity index is 0.000000744. The van der Waals surface area contributed by atoms with Crippen molar-refractivity contribution in [2.75, 3.05) is 79.9 Å². The zero-order chi connectivity index (χ0) is 82.4. The first-order valence-corrected chi connectivity index (χ1v) is 44.5. The number of rotatable bonds is 44. The summed E-state index contributed by atoms with van der Waals surface area (Å²) in [6, 6.07) is 47.6. The molecule has 6 aromatic rings. The first-order chi connectivity index (χ1) is 52.5. The van der Waals surface area contributed by atoms with Crippen LogP contribution in [0.15, 0.2) is 146 Å². The average Bonchev–Trinajstić information content (AvgIpc) is 0.850. The summed E-state index contributed by atoms with van der Waals surface area (Å²) in [6.45, 7) is 34.9. The maximum absolute atomic E-state index is 12.8. The Morgan fingerprint density at radius 3 is 0.855 bits per heavy atom. The third kappa shape index (κ3) is 39.8. The Morgan fingerprint density at radius 1 is 0.345 bits per heavy atom. The quantitative estimate of drug-likeness (QED) is 0.0120. The van der Waals surface area contributed by atoms with E-state index < -0.39 is 33.6 Å². The summed E-state index contributed by atoms with van der Waals surface area (Å²) < 4.78 is 40.2. The van der Waals surface area contributed by atoms with Crippen molar-refractivity contribution in [2.24, 2.45) is 0 Å². The highest BCUT2D eigenvalue weighted by Crippen LogP contribution is 2.35. The SMILES string of the molecule is CCOC(=O)C(C)(CCCCOCCCCC(C)(C(=O)OCC)c1ccc(C)cc1)c1ccc(C)cc1.CCOC(=O)C(C)c1ccc(C)cc1.CCOC(=O)Cc1ccc(C)cc1.CI.Cc1ccc(C(C)(CCCCOCCCCC(C)(C(=O)O)c2ccc(C)cc2)C(=O)O)cc1.ICCCCOCCCCI. The van der Waals surface area contributed by atoms with Crippen molar-refractivity contribution in [1.82, 2.24) is 0 Å². The molecule has 0 radical (unpaired) electrons. The predicted molar refractivity (Wildman–Crippen MR) is 474 cm³/mol. The molecule has 15 nitrogen and oxygen atoms in total. The third-order valence-electron chi connectivity index (χ3n) is 19.3. The van der Waals surface area contributed by atoms with Gasteiger partial charge in [-0.25, -0.2) is 0 Å². The lowest BCUT2D eigenvalue weighted by atomic mass is 9.78. The van der Waals surface area contributed by atoms with E-state index in [-0.39, 0.29) is 29.8 Å². The standard InChI is InChI=1S/C32H46O5.C28H38O5.C12H16O2.C11H14O2.C8H16I2O.CH3I/c1-7-36-29(33)31(5,27-17-13-25(3)14-18-27)21-9-11-23-35-24-12-10-22-32(6,30(34)37-8-2)28-19-15-26(4)16-20-28;1-21-9-13-23(14-10-21)27(3,25(29)30)17-5-7-19-33-20-8-6-18-28(4,26(31)32)24-15-11-22(2)12-16-24;1-4-14-12(13)10(3)11-7-5-9(2)6-8-11;1-3-13-11(12)8-10-6-4-9(2)5-7-10;9-5-1-3-7-11-8-4-2-6-10;1-2/h13-20H,7-12,21-24H2,1-6H3;9-16H,5-8,17-20H2,1-4H3,(H,29,30)(H,31,32);5-8,10H,4H2,1-3H3;4-7H,3,8H2,1-2H3;1-8H2;1H3. The number of carboxylic acids is 2. The molecule has 0 aliphatic carbocycles. The molecule has 0 spiro atoms. The van der Waals surface area contributed by atoms with Crippen molar-refractivity contribution in [3.63, 3.8) is 0 Å². The van der Waals surface area contributed by atoms with Crippen LogP contribution < -0.4 is 0 Å². The fourth-order valence-electron chi connectivity index (χ4n) is 11.7. The van der Waals surface area contributed by atoms with E-state index >= 15 is 0 Å². The van der Waals surface area contributed by atoms with Crippen molar-refractivity contribution in [3.05, 3.63) is 212 Å². The minimum Gasteiger partial charge on any atom is -0.481 e. The summed E-state index contributed by atoms with van der Waals surface area (Å²) in [6.07, 6.45) is 14.6. The average molecular weight is 1860 g/mol. The summed E-state index contributed by atoms with van der Waals surface area (Å²) in [5.74, 6) is -2.43. The second-order valence-electron chi connectivity index (χ2n) is 28.7. The van der Waals surface area contributed by atoms with Gasteiger partial charge in [-0.1, -0.05) is 247 Å². The number of hydrogen-bond donors (Lipinski definition) is 2. The Hall–Kier alpha value is -5.79. The fraction of sp³-hybridized carbons (Fsp3) is 0.543. The Kier molecular flexibility index (Phi) is 54.8. The van der Waals surface area contributed by atoms with Gasteiger partial charge in [0.1, 0.15) is 0 Å². The van der Waals surface area contributed by atoms with Crippen LogP contribution in [0.4, 0.5) is 0 Å². The number of carbonyl (C=O) groups excluding carboxylic acids is 4. The van der Waals surface area contributed by atoms with Crippen molar-refractivity contribution >= 4 is 104 Å². The molecular weight excluding hydrogens is 1730 g/mol. The van der Waals surface area contributed by atoms with Crippen molar-refractivity contribution < 1.29 is 72.1 Å². The molecule has 6 rings (SSSR count). The third-order valence-corrected chi connectivity index (χ3v) is 20.9. The molecule has 110 heavy (non-hydrogen) atoms. The molecule has 0 bridgehead atoms. The summed E-state index contributed by atoms with van der Waals surface area (Å²) >= 11 is 6.96. The second kappa shape index (κ2) is 59.0. The van der Waals surface area contributed by atoms with Gasteiger partial charge in [-0.05, 0) is 254 Å². The van der Waals surface area contributed by atoms with Gasteiger partial charge in [0.15, 0.2) is 0 Å². The van der Waals surface area contributed by atoms with Crippen LogP contribution in [-0.4, -0.2) is 126 Å². The van der Waals surface area contributed by atoms with Crippen LogP contribution in [0, 0.1) is 41.5 Å². The van der Waals surface area contributed by atoms with E-state index in [4.69, 9.17) is 33.2 Å². The largest absolute Gasteiger partial charge is 0.481 e. The Morgan fingerprint density at radius 2 is 0.591 bits per heavy atom. The molecule has 6 aromatic carbocycles. The highest BCUT2D eigenvalue weighted by molar-refractivity contribution is 14.1. The number of ether oxygens (including phenoxy) is 7. The highest BCUT2D eigenvalue weighted by Gasteiger charge is 2.39. The zero-order valence-corrected chi connectivity index (χ0v) is 75.7. The lowest BCUT2D eigenvalue weighted by Crippen LogP contribution is -2.34. The molecule has 0 saturated carbocycles. The first-order valence-electron chi connectivity index (χ1n) is 39.3. The van der Waals surface area contributed by atoms with E-state index in [2.05, 4.69) is 67.8 Å². The van der Waals surface area contributed by atoms with E-state index in [9.17, 15) is 39.0 Å². The topological polar surface area (TPSA) is 207 Å². The van der Waals surface area contributed by atoms with Crippen LogP contribution in [0.3, 0.4) is 0 Å². The molecule has 18 heteroatoms. The number of aryl methyl sites for hydroxylation is 6. The van der Waals surface area contributed by atoms with E-state index in [1.54, 1.807) is 13.8 Å². The summed E-state index contributed by atoms with van der Waals surface area (Å²) in [5.41, 5.74) is 9.53. The summed E-state index contributed by atoms with van der Waals surface area (Å²) in [4.78, 5) is 73.9. The number of esters is 4. The molecule has 612 valence electrons. The number of carbonyl (C=O) groups is 6. The molecule has 2 N–H and O–H groups in total. The van der Waals surface area contributed by atoms with Gasteiger partial charge in [-0.3, -0.25) is 28.8 Å². The molecule has 0 fully saturated rings. The minimum absolute atomic E-state index is 0.156. The molecular formula is C92H133I3O15. The van der Waals surface area contributed by atoms with Crippen LogP contribution >= 0.6 is 67.8 Å². The van der Waals surface area contributed by atoms with E-state index in [1.165, 1.54) is 56.8 Å². The molecule has 0 aromatic heterocycles. The number of aliphatic carboxylic acids is 2. The van der Waals surface area contributed by atoms with Gasteiger partial charge < -0.3 is 43.4 Å². The maximum Gasteiger partial charge on any atom is 0.316 e. The number of halogens is 3.